The van der Waals surface area contributed by atoms with Crippen molar-refractivity contribution in [1.82, 2.24) is 20.2 Å². The van der Waals surface area contributed by atoms with Crippen LogP contribution in [0.1, 0.15) is 33.1 Å². The minimum absolute atomic E-state index is 0.0673. The van der Waals surface area contributed by atoms with Gasteiger partial charge >= 0.3 is 0 Å². The number of aliphatic hydroxyl groups excluding tert-OH is 2. The molecule has 1 aromatic heterocycles. The van der Waals surface area contributed by atoms with Crippen molar-refractivity contribution in [3.63, 3.8) is 0 Å². The van der Waals surface area contributed by atoms with E-state index in [1.165, 1.54) is 11.1 Å². The number of carbonyl (C=O) groups excluding carboxylic acids is 2. The van der Waals surface area contributed by atoms with Gasteiger partial charge in [-0.25, -0.2) is 9.97 Å². The Morgan fingerprint density at radius 2 is 2.06 bits per heavy atom. The first-order chi connectivity index (χ1) is 16.9. The summed E-state index contributed by atoms with van der Waals surface area (Å²) in [7, 11) is 0. The van der Waals surface area contributed by atoms with E-state index >= 15 is 0 Å². The van der Waals surface area contributed by atoms with Gasteiger partial charge in [-0.05, 0) is 24.1 Å². The molecule has 0 saturated carbocycles. The predicted octanol–water partition coefficient (Wildman–Crippen LogP) is 2.32. The maximum Gasteiger partial charge on any atom is 0.254 e. The minimum atomic E-state index is -0.553. The second-order valence-corrected chi connectivity index (χ2v) is 8.70. The van der Waals surface area contributed by atoms with Crippen molar-refractivity contribution in [2.45, 2.75) is 19.5 Å². The first-order valence-corrected chi connectivity index (χ1v) is 11.5. The van der Waals surface area contributed by atoms with E-state index in [-0.39, 0.29) is 31.6 Å². The van der Waals surface area contributed by atoms with E-state index in [1.54, 1.807) is 6.07 Å². The molecule has 10 heteroatoms. The highest BCUT2D eigenvalue weighted by Crippen LogP contribution is 2.31. The average Bonchev–Trinajstić information content (AvgIpc) is 3.16. The standard InChI is InChI=1S/C25H26ClN5O4/c1-15-3-2-4-16(9-15)21(14-33)29-22(34)13-31-12-18-6-5-17(10-19(18)24(31)35)23-20(26)11-28-25(30-23)27-7-8-32/h2-6,9-11,21,32-33H,7-8,12-14H2,1H3,(H,29,34)(H,27,28,30). The Hall–Kier alpha value is -3.53. The molecule has 0 radical (unpaired) electrons. The number of rotatable bonds is 9. The number of aliphatic hydroxyl groups is 2. The molecule has 1 atom stereocenters. The monoisotopic (exact) mass is 495 g/mol. The summed E-state index contributed by atoms with van der Waals surface area (Å²) < 4.78 is 0. The Labute approximate surface area is 207 Å². The quantitative estimate of drug-likeness (QED) is 0.358. The molecule has 0 bridgehead atoms. The molecule has 0 saturated heterocycles. The van der Waals surface area contributed by atoms with Crippen LogP contribution in [0.25, 0.3) is 11.3 Å². The molecule has 1 aliphatic heterocycles. The zero-order valence-electron chi connectivity index (χ0n) is 19.2. The molecule has 1 unspecified atom stereocenters. The normalized spacial score (nSPS) is 13.5. The molecule has 2 aromatic carbocycles. The number of aryl methyl sites for hydroxylation is 1. The number of aromatic nitrogens is 2. The van der Waals surface area contributed by atoms with Crippen molar-refractivity contribution in [3.8, 4) is 11.3 Å². The fraction of sp³-hybridized carbons (Fsp3) is 0.280. The van der Waals surface area contributed by atoms with Crippen LogP contribution in [-0.4, -0.2) is 63.2 Å². The summed E-state index contributed by atoms with van der Waals surface area (Å²) in [5, 5.41) is 24.8. The van der Waals surface area contributed by atoms with E-state index in [0.717, 1.165) is 16.7 Å². The van der Waals surface area contributed by atoms with Crippen molar-refractivity contribution in [1.29, 1.82) is 0 Å². The highest BCUT2D eigenvalue weighted by molar-refractivity contribution is 6.33. The fourth-order valence-corrected chi connectivity index (χ4v) is 4.19. The Morgan fingerprint density at radius 1 is 1.23 bits per heavy atom. The van der Waals surface area contributed by atoms with Gasteiger partial charge in [-0.3, -0.25) is 9.59 Å². The minimum Gasteiger partial charge on any atom is -0.395 e. The number of anilines is 1. The Morgan fingerprint density at radius 3 is 2.80 bits per heavy atom. The lowest BCUT2D eigenvalue weighted by Crippen LogP contribution is -2.40. The average molecular weight is 496 g/mol. The molecule has 0 spiro atoms. The molecular formula is C25H26ClN5O4. The molecule has 2 heterocycles. The van der Waals surface area contributed by atoms with Crippen LogP contribution < -0.4 is 10.6 Å². The van der Waals surface area contributed by atoms with Gasteiger partial charge in [-0.15, -0.1) is 0 Å². The molecule has 4 N–H and O–H groups in total. The summed E-state index contributed by atoms with van der Waals surface area (Å²) >= 11 is 6.30. The lowest BCUT2D eigenvalue weighted by Gasteiger charge is -2.20. The summed E-state index contributed by atoms with van der Waals surface area (Å²) in [5.74, 6) is -0.307. The molecule has 0 aliphatic carbocycles. The Kier molecular flexibility index (Phi) is 7.60. The summed E-state index contributed by atoms with van der Waals surface area (Å²) in [6, 6.07) is 12.4. The zero-order chi connectivity index (χ0) is 24.9. The number of fused-ring (bicyclic) bond motifs is 1. The van der Waals surface area contributed by atoms with Crippen LogP contribution in [0.2, 0.25) is 5.02 Å². The van der Waals surface area contributed by atoms with Crippen LogP contribution in [0.3, 0.4) is 0 Å². The largest absolute Gasteiger partial charge is 0.395 e. The smallest absolute Gasteiger partial charge is 0.254 e. The summed E-state index contributed by atoms with van der Waals surface area (Å²) in [6.07, 6.45) is 1.46. The van der Waals surface area contributed by atoms with Gasteiger partial charge in [0.05, 0.1) is 36.2 Å². The second kappa shape index (κ2) is 10.8. The van der Waals surface area contributed by atoms with Gasteiger partial charge in [-0.1, -0.05) is 53.6 Å². The number of carbonyl (C=O) groups is 2. The topological polar surface area (TPSA) is 128 Å². The van der Waals surface area contributed by atoms with Gasteiger partial charge in [0, 0.05) is 24.2 Å². The van der Waals surface area contributed by atoms with Crippen molar-refractivity contribution in [3.05, 3.63) is 75.9 Å². The summed E-state index contributed by atoms with van der Waals surface area (Å²) in [6.45, 7) is 2.09. The molecule has 2 amide bonds. The van der Waals surface area contributed by atoms with E-state index in [0.29, 0.717) is 40.9 Å². The molecule has 182 valence electrons. The molecule has 35 heavy (non-hydrogen) atoms. The summed E-state index contributed by atoms with van der Waals surface area (Å²) in [4.78, 5) is 35.7. The van der Waals surface area contributed by atoms with Gasteiger partial charge in [-0.2, -0.15) is 0 Å². The van der Waals surface area contributed by atoms with Gasteiger partial charge in [0.25, 0.3) is 5.91 Å². The van der Waals surface area contributed by atoms with Crippen molar-refractivity contribution >= 4 is 29.4 Å². The molecule has 4 rings (SSSR count). The molecule has 9 nitrogen and oxygen atoms in total. The third-order valence-corrected chi connectivity index (χ3v) is 5.97. The Balaban J connectivity index is 1.47. The molecular weight excluding hydrogens is 470 g/mol. The molecule has 0 fully saturated rings. The number of amides is 2. The van der Waals surface area contributed by atoms with E-state index < -0.39 is 6.04 Å². The number of halogens is 1. The lowest BCUT2D eigenvalue weighted by molar-refractivity contribution is -0.122. The summed E-state index contributed by atoms with van der Waals surface area (Å²) in [5.41, 5.74) is 4.20. The highest BCUT2D eigenvalue weighted by atomic mass is 35.5. The van der Waals surface area contributed by atoms with Crippen LogP contribution in [0.4, 0.5) is 5.95 Å². The molecule has 1 aliphatic rings. The van der Waals surface area contributed by atoms with Crippen LogP contribution in [0.15, 0.2) is 48.7 Å². The van der Waals surface area contributed by atoms with E-state index in [2.05, 4.69) is 20.6 Å². The van der Waals surface area contributed by atoms with Gasteiger partial charge in [0.1, 0.15) is 6.54 Å². The van der Waals surface area contributed by atoms with Crippen LogP contribution in [0, 0.1) is 6.92 Å². The van der Waals surface area contributed by atoms with E-state index in [9.17, 15) is 14.7 Å². The highest BCUT2D eigenvalue weighted by Gasteiger charge is 2.30. The van der Waals surface area contributed by atoms with Crippen LogP contribution >= 0.6 is 11.6 Å². The van der Waals surface area contributed by atoms with Gasteiger partial charge < -0.3 is 25.7 Å². The third-order valence-electron chi connectivity index (χ3n) is 5.70. The van der Waals surface area contributed by atoms with Gasteiger partial charge in [0.15, 0.2) is 0 Å². The number of hydrogen-bond acceptors (Lipinski definition) is 7. The lowest BCUT2D eigenvalue weighted by atomic mass is 10.0. The second-order valence-electron chi connectivity index (χ2n) is 8.29. The third kappa shape index (κ3) is 5.59. The first-order valence-electron chi connectivity index (χ1n) is 11.2. The van der Waals surface area contributed by atoms with Crippen LogP contribution in [0.5, 0.6) is 0 Å². The predicted molar refractivity (Wildman–Crippen MR) is 132 cm³/mol. The zero-order valence-corrected chi connectivity index (χ0v) is 19.9. The Bertz CT molecular complexity index is 1250. The van der Waals surface area contributed by atoms with Crippen molar-refractivity contribution in [2.24, 2.45) is 0 Å². The number of nitrogens with zero attached hydrogens (tertiary/aromatic N) is 3. The fourth-order valence-electron chi connectivity index (χ4n) is 3.99. The maximum atomic E-state index is 13.1. The number of benzene rings is 2. The van der Waals surface area contributed by atoms with Crippen molar-refractivity contribution < 1.29 is 19.8 Å². The van der Waals surface area contributed by atoms with Crippen molar-refractivity contribution in [2.75, 3.05) is 31.6 Å². The SMILES string of the molecule is Cc1cccc(C(CO)NC(=O)CN2Cc3ccc(-c4nc(NCCO)ncc4Cl)cc3C2=O)c1. The maximum absolute atomic E-state index is 13.1. The van der Waals surface area contributed by atoms with E-state index in [1.807, 2.05) is 43.3 Å². The number of nitrogens with one attached hydrogen (secondary N) is 2. The molecule has 3 aromatic rings. The number of hydrogen-bond donors (Lipinski definition) is 4. The first kappa shape index (κ1) is 24.6. The van der Waals surface area contributed by atoms with Gasteiger partial charge in [0.2, 0.25) is 11.9 Å². The van der Waals surface area contributed by atoms with Crippen LogP contribution in [-0.2, 0) is 11.3 Å². The van der Waals surface area contributed by atoms with E-state index in [4.69, 9.17) is 16.7 Å².